The minimum Gasteiger partial charge on any atom is -0.493 e. The average molecular weight is 382 g/mol. The van der Waals surface area contributed by atoms with E-state index in [9.17, 15) is 14.7 Å². The van der Waals surface area contributed by atoms with Crippen molar-refractivity contribution in [2.24, 2.45) is 0 Å². The average Bonchev–Trinajstić information content (AvgIpc) is 3.09. The van der Waals surface area contributed by atoms with Crippen LogP contribution in [0.25, 0.3) is 5.82 Å². The van der Waals surface area contributed by atoms with Crippen molar-refractivity contribution in [3.8, 4) is 17.3 Å². The molecule has 9 nitrogen and oxygen atoms in total. The molecule has 0 atom stereocenters. The first-order chi connectivity index (χ1) is 13.5. The van der Waals surface area contributed by atoms with Gasteiger partial charge in [-0.1, -0.05) is 6.07 Å². The highest BCUT2D eigenvalue weighted by Gasteiger charge is 2.21. The van der Waals surface area contributed by atoms with Crippen molar-refractivity contribution < 1.29 is 24.2 Å². The third-order valence-corrected chi connectivity index (χ3v) is 4.12. The number of hydrogen-bond donors (Lipinski definition) is 2. The molecule has 1 aromatic carbocycles. The van der Waals surface area contributed by atoms with Crippen LogP contribution in [0, 0.1) is 6.92 Å². The number of carboxylic acids is 1. The monoisotopic (exact) mass is 382 g/mol. The Morgan fingerprint density at radius 2 is 1.82 bits per heavy atom. The van der Waals surface area contributed by atoms with Crippen LogP contribution in [0.15, 0.2) is 42.7 Å². The lowest BCUT2D eigenvalue weighted by Gasteiger charge is -2.13. The van der Waals surface area contributed by atoms with Crippen LogP contribution in [0.4, 0.5) is 5.69 Å². The van der Waals surface area contributed by atoms with Gasteiger partial charge in [-0.25, -0.2) is 14.5 Å². The summed E-state index contributed by atoms with van der Waals surface area (Å²) in [4.78, 5) is 28.6. The van der Waals surface area contributed by atoms with Crippen LogP contribution in [0.5, 0.6) is 11.5 Å². The van der Waals surface area contributed by atoms with Crippen LogP contribution < -0.4 is 14.8 Å². The molecule has 0 aliphatic carbocycles. The molecule has 144 valence electrons. The first-order valence-electron chi connectivity index (χ1n) is 8.23. The van der Waals surface area contributed by atoms with E-state index in [1.165, 1.54) is 37.2 Å². The minimum absolute atomic E-state index is 0.0835. The van der Waals surface area contributed by atoms with Gasteiger partial charge in [-0.3, -0.25) is 4.79 Å². The van der Waals surface area contributed by atoms with Crippen molar-refractivity contribution in [1.82, 2.24) is 14.8 Å². The van der Waals surface area contributed by atoms with Crippen molar-refractivity contribution >= 4 is 17.6 Å². The van der Waals surface area contributed by atoms with Crippen LogP contribution in [-0.4, -0.2) is 46.0 Å². The third-order valence-electron chi connectivity index (χ3n) is 4.12. The fourth-order valence-corrected chi connectivity index (χ4v) is 2.69. The molecule has 0 saturated heterocycles. The smallest absolute Gasteiger partial charge is 0.337 e. The Labute approximate surface area is 160 Å². The van der Waals surface area contributed by atoms with Crippen LogP contribution in [0.3, 0.4) is 0 Å². The summed E-state index contributed by atoms with van der Waals surface area (Å²) in [6.07, 6.45) is 3.03. The summed E-state index contributed by atoms with van der Waals surface area (Å²) in [5, 5.41) is 16.3. The molecular weight excluding hydrogens is 364 g/mol. The van der Waals surface area contributed by atoms with Crippen molar-refractivity contribution in [2.75, 3.05) is 19.5 Å². The highest BCUT2D eigenvalue weighted by molar-refractivity contribution is 6.08. The zero-order valence-electron chi connectivity index (χ0n) is 15.5. The predicted octanol–water partition coefficient (Wildman–Crippen LogP) is 2.54. The molecule has 9 heteroatoms. The molecule has 0 aliphatic heterocycles. The van der Waals surface area contributed by atoms with E-state index in [1.54, 1.807) is 25.3 Å². The van der Waals surface area contributed by atoms with Crippen molar-refractivity contribution in [2.45, 2.75) is 6.92 Å². The molecule has 0 bridgehead atoms. The van der Waals surface area contributed by atoms with Crippen LogP contribution in [0.1, 0.15) is 26.4 Å². The maximum Gasteiger partial charge on any atom is 0.337 e. The summed E-state index contributed by atoms with van der Waals surface area (Å²) in [6, 6.07) is 8.05. The number of carbonyl (C=O) groups excluding carboxylic acids is 1. The van der Waals surface area contributed by atoms with Gasteiger partial charge in [0.05, 0.1) is 42.9 Å². The van der Waals surface area contributed by atoms with Gasteiger partial charge in [0.15, 0.2) is 17.3 Å². The highest BCUT2D eigenvalue weighted by Crippen LogP contribution is 2.33. The van der Waals surface area contributed by atoms with E-state index in [0.29, 0.717) is 17.3 Å². The number of ether oxygens (including phenoxy) is 2. The van der Waals surface area contributed by atoms with E-state index >= 15 is 0 Å². The molecule has 0 unspecified atom stereocenters. The highest BCUT2D eigenvalue weighted by atomic mass is 16.5. The Kier molecular flexibility index (Phi) is 5.25. The van der Waals surface area contributed by atoms with Crippen LogP contribution >= 0.6 is 0 Å². The number of rotatable bonds is 6. The predicted molar refractivity (Wildman–Crippen MR) is 101 cm³/mol. The number of anilines is 1. The zero-order valence-corrected chi connectivity index (χ0v) is 15.5. The summed E-state index contributed by atoms with van der Waals surface area (Å²) in [6.45, 7) is 1.73. The van der Waals surface area contributed by atoms with E-state index < -0.39 is 11.9 Å². The minimum atomic E-state index is -1.21. The number of carboxylic acid groups (broad SMARTS) is 1. The normalized spacial score (nSPS) is 10.4. The fourth-order valence-electron chi connectivity index (χ4n) is 2.69. The molecule has 3 aromatic rings. The van der Waals surface area contributed by atoms with E-state index in [-0.39, 0.29) is 22.6 Å². The number of aromatic nitrogens is 3. The van der Waals surface area contributed by atoms with E-state index in [1.807, 2.05) is 6.07 Å². The van der Waals surface area contributed by atoms with Gasteiger partial charge in [-0.15, -0.1) is 0 Å². The molecule has 28 heavy (non-hydrogen) atoms. The Bertz CT molecular complexity index is 1030. The van der Waals surface area contributed by atoms with Crippen molar-refractivity contribution in [3.63, 3.8) is 0 Å². The van der Waals surface area contributed by atoms with Gasteiger partial charge in [0.25, 0.3) is 5.91 Å². The topological polar surface area (TPSA) is 116 Å². The maximum absolute atomic E-state index is 12.8. The first-order valence-corrected chi connectivity index (χ1v) is 8.23. The number of hydrogen-bond acceptors (Lipinski definition) is 6. The molecule has 1 amide bonds. The molecule has 2 aromatic heterocycles. The van der Waals surface area contributed by atoms with Crippen LogP contribution in [-0.2, 0) is 0 Å². The second-order valence-corrected chi connectivity index (χ2v) is 5.76. The Hall–Kier alpha value is -3.88. The van der Waals surface area contributed by atoms with E-state index in [0.717, 1.165) is 0 Å². The van der Waals surface area contributed by atoms with Gasteiger partial charge in [0.2, 0.25) is 0 Å². The third kappa shape index (κ3) is 3.50. The Morgan fingerprint density at radius 1 is 1.11 bits per heavy atom. The number of amides is 1. The molecule has 0 aliphatic rings. The van der Waals surface area contributed by atoms with Crippen molar-refractivity contribution in [1.29, 1.82) is 0 Å². The zero-order chi connectivity index (χ0) is 20.3. The number of methoxy groups -OCH3 is 2. The molecule has 0 radical (unpaired) electrons. The number of carbonyl (C=O) groups is 2. The fraction of sp³-hybridized carbons (Fsp3) is 0.158. The number of nitrogens with one attached hydrogen (secondary N) is 1. The SMILES string of the molecule is COc1cc(NC(=O)c2cnn(-c3ccccn3)c2C)c(C(=O)O)cc1OC. The van der Waals surface area contributed by atoms with Gasteiger partial charge >= 0.3 is 5.97 Å². The van der Waals surface area contributed by atoms with Gasteiger partial charge < -0.3 is 19.9 Å². The maximum atomic E-state index is 12.8. The lowest BCUT2D eigenvalue weighted by Crippen LogP contribution is -2.16. The number of aromatic carboxylic acids is 1. The molecule has 3 rings (SSSR count). The summed E-state index contributed by atoms with van der Waals surface area (Å²) >= 11 is 0. The van der Waals surface area contributed by atoms with E-state index in [2.05, 4.69) is 15.4 Å². The summed E-state index contributed by atoms with van der Waals surface area (Å²) in [5.41, 5.74) is 0.811. The summed E-state index contributed by atoms with van der Waals surface area (Å²) in [7, 11) is 2.82. The molecular formula is C19H18N4O5. The molecule has 0 fully saturated rings. The van der Waals surface area contributed by atoms with Gasteiger partial charge in [0, 0.05) is 18.3 Å². The van der Waals surface area contributed by atoms with Gasteiger partial charge in [-0.2, -0.15) is 5.10 Å². The first kappa shape index (κ1) is 18.9. The van der Waals surface area contributed by atoms with Gasteiger partial charge in [-0.05, 0) is 19.1 Å². The summed E-state index contributed by atoms with van der Waals surface area (Å²) in [5.74, 6) is -0.608. The quantitative estimate of drug-likeness (QED) is 0.673. The Balaban J connectivity index is 1.96. The van der Waals surface area contributed by atoms with Gasteiger partial charge in [0.1, 0.15) is 0 Å². The molecule has 0 spiro atoms. The number of benzene rings is 1. The van der Waals surface area contributed by atoms with E-state index in [4.69, 9.17) is 9.47 Å². The standard InChI is InChI=1S/C19H18N4O5/c1-11-13(10-21-23(11)17-6-4-5-7-20-17)18(24)22-14-9-16(28-3)15(27-2)8-12(14)19(25)26/h4-10H,1-3H3,(H,22,24)(H,25,26). The Morgan fingerprint density at radius 3 is 2.43 bits per heavy atom. The molecule has 0 saturated carbocycles. The largest absolute Gasteiger partial charge is 0.493 e. The number of pyridine rings is 1. The van der Waals surface area contributed by atoms with Crippen LogP contribution in [0.2, 0.25) is 0 Å². The molecule has 2 heterocycles. The molecule has 2 N–H and O–H groups in total. The second kappa shape index (κ2) is 7.78. The second-order valence-electron chi connectivity index (χ2n) is 5.76. The van der Waals surface area contributed by atoms with Crippen molar-refractivity contribution in [3.05, 3.63) is 59.5 Å². The number of nitrogens with zero attached hydrogens (tertiary/aromatic N) is 3. The lowest BCUT2D eigenvalue weighted by molar-refractivity contribution is 0.0697. The lowest BCUT2D eigenvalue weighted by atomic mass is 10.1. The summed E-state index contributed by atoms with van der Waals surface area (Å²) < 4.78 is 11.8.